The molecule has 0 aliphatic heterocycles. The van der Waals surface area contributed by atoms with E-state index in [2.05, 4.69) is 10.6 Å². The third kappa shape index (κ3) is 8.56. The Morgan fingerprint density at radius 1 is 0.861 bits per heavy atom. The minimum Gasteiger partial charge on any atom is -0.466 e. The van der Waals surface area contributed by atoms with Crippen molar-refractivity contribution < 1.29 is 23.9 Å². The summed E-state index contributed by atoms with van der Waals surface area (Å²) in [4.78, 5) is 49.9. The molecule has 3 rings (SSSR count). The average molecular weight is 503 g/mol. The van der Waals surface area contributed by atoms with Crippen LogP contribution in [-0.4, -0.2) is 35.9 Å². The molecule has 0 heterocycles. The third-order valence-corrected chi connectivity index (χ3v) is 5.87. The zero-order valence-electron chi connectivity index (χ0n) is 19.7. The average Bonchev–Trinajstić information content (AvgIpc) is 2.89. The molecule has 0 fully saturated rings. The van der Waals surface area contributed by atoms with E-state index in [1.54, 1.807) is 61.5 Å². The molecule has 0 aromatic heterocycles. The van der Waals surface area contributed by atoms with E-state index < -0.39 is 17.8 Å². The van der Waals surface area contributed by atoms with Gasteiger partial charge in [0.15, 0.2) is 5.78 Å². The highest BCUT2D eigenvalue weighted by atomic mass is 32.2. The number of carbonyl (C=O) groups excluding carboxylic acids is 4. The first kappa shape index (κ1) is 26.4. The number of ketones is 1. The van der Waals surface area contributed by atoms with Gasteiger partial charge in [0, 0.05) is 16.1 Å². The lowest BCUT2D eigenvalue weighted by atomic mass is 10.1. The monoisotopic (exact) mass is 502 g/mol. The molecule has 0 unspecified atom stereocenters. The number of benzene rings is 3. The molecule has 0 spiro atoms. The Labute approximate surface area is 213 Å². The van der Waals surface area contributed by atoms with E-state index in [-0.39, 0.29) is 30.3 Å². The molecule has 0 aliphatic carbocycles. The SMILES string of the molecule is CCOC(=O)CC(=O)CSc1ccc(NC(=O)/C(=C/c2ccccc2)NC(=O)c2ccccc2)cc1. The topological polar surface area (TPSA) is 102 Å². The van der Waals surface area contributed by atoms with Crippen molar-refractivity contribution in [2.45, 2.75) is 18.2 Å². The van der Waals surface area contributed by atoms with E-state index in [9.17, 15) is 19.2 Å². The quantitative estimate of drug-likeness (QED) is 0.170. The highest BCUT2D eigenvalue weighted by molar-refractivity contribution is 8.00. The van der Waals surface area contributed by atoms with Gasteiger partial charge in [0.25, 0.3) is 11.8 Å². The lowest BCUT2D eigenvalue weighted by molar-refractivity contribution is -0.145. The molecule has 0 saturated heterocycles. The number of rotatable bonds is 11. The van der Waals surface area contributed by atoms with Crippen molar-refractivity contribution in [1.82, 2.24) is 5.32 Å². The smallest absolute Gasteiger partial charge is 0.313 e. The first-order valence-electron chi connectivity index (χ1n) is 11.3. The minimum absolute atomic E-state index is 0.0954. The number of carbonyl (C=O) groups is 4. The fraction of sp³-hybridized carbons (Fsp3) is 0.143. The van der Waals surface area contributed by atoms with Crippen LogP contribution in [0.5, 0.6) is 0 Å². The zero-order chi connectivity index (χ0) is 25.8. The van der Waals surface area contributed by atoms with Gasteiger partial charge in [-0.2, -0.15) is 0 Å². The van der Waals surface area contributed by atoms with E-state index >= 15 is 0 Å². The number of anilines is 1. The molecular formula is C28H26N2O5S. The Bertz CT molecular complexity index is 1230. The maximum atomic E-state index is 13.1. The van der Waals surface area contributed by atoms with Gasteiger partial charge in [0.05, 0.1) is 12.4 Å². The van der Waals surface area contributed by atoms with Crippen molar-refractivity contribution in [3.63, 3.8) is 0 Å². The van der Waals surface area contributed by atoms with E-state index in [0.717, 1.165) is 10.5 Å². The number of amides is 2. The second kappa shape index (κ2) is 13.7. The van der Waals surface area contributed by atoms with Crippen molar-refractivity contribution in [3.05, 3.63) is 102 Å². The van der Waals surface area contributed by atoms with Crippen LogP contribution in [0, 0.1) is 0 Å². The van der Waals surface area contributed by atoms with Crippen molar-refractivity contribution in [3.8, 4) is 0 Å². The Morgan fingerprint density at radius 2 is 1.50 bits per heavy atom. The Hall–Kier alpha value is -4.17. The van der Waals surface area contributed by atoms with Crippen LogP contribution in [0.1, 0.15) is 29.3 Å². The van der Waals surface area contributed by atoms with E-state index in [0.29, 0.717) is 11.3 Å². The lowest BCUT2D eigenvalue weighted by Crippen LogP contribution is -2.30. The summed E-state index contributed by atoms with van der Waals surface area (Å²) in [6, 6.07) is 24.8. The molecule has 3 aromatic carbocycles. The van der Waals surface area contributed by atoms with Crippen LogP contribution in [-0.2, 0) is 19.1 Å². The normalized spacial score (nSPS) is 10.9. The van der Waals surface area contributed by atoms with Crippen molar-refractivity contribution in [2.75, 3.05) is 17.7 Å². The molecule has 2 N–H and O–H groups in total. The molecule has 36 heavy (non-hydrogen) atoms. The molecule has 3 aromatic rings. The fourth-order valence-corrected chi connectivity index (χ4v) is 3.84. The molecule has 0 bridgehead atoms. The molecule has 0 saturated carbocycles. The Morgan fingerprint density at radius 3 is 2.14 bits per heavy atom. The van der Waals surface area contributed by atoms with Gasteiger partial charge < -0.3 is 15.4 Å². The second-order valence-corrected chi connectivity index (χ2v) is 8.63. The standard InChI is InChI=1S/C28H26N2O5S/c1-2-35-26(32)18-23(31)19-36-24-15-13-22(14-16-24)29-28(34)25(17-20-9-5-3-6-10-20)30-27(33)21-11-7-4-8-12-21/h3-17H,2,18-19H2,1H3,(H,29,34)(H,30,33)/b25-17-. The van der Waals surface area contributed by atoms with E-state index in [1.807, 2.05) is 36.4 Å². The Balaban J connectivity index is 1.65. The molecule has 184 valence electrons. The first-order valence-corrected chi connectivity index (χ1v) is 12.3. The maximum Gasteiger partial charge on any atom is 0.313 e. The molecule has 0 atom stereocenters. The summed E-state index contributed by atoms with van der Waals surface area (Å²) >= 11 is 1.29. The van der Waals surface area contributed by atoms with Gasteiger partial charge in [-0.15, -0.1) is 11.8 Å². The fourth-order valence-electron chi connectivity index (χ4n) is 3.08. The number of nitrogens with one attached hydrogen (secondary N) is 2. The zero-order valence-corrected chi connectivity index (χ0v) is 20.5. The van der Waals surface area contributed by atoms with E-state index in [4.69, 9.17) is 4.74 Å². The van der Waals surface area contributed by atoms with Crippen molar-refractivity contribution in [2.24, 2.45) is 0 Å². The van der Waals surface area contributed by atoms with Gasteiger partial charge in [-0.05, 0) is 55.0 Å². The first-order chi connectivity index (χ1) is 17.4. The second-order valence-electron chi connectivity index (χ2n) is 7.58. The van der Waals surface area contributed by atoms with Crippen LogP contribution >= 0.6 is 11.8 Å². The summed E-state index contributed by atoms with van der Waals surface area (Å²) in [7, 11) is 0. The van der Waals surface area contributed by atoms with Gasteiger partial charge in [0.1, 0.15) is 12.1 Å². The van der Waals surface area contributed by atoms with Gasteiger partial charge in [-0.3, -0.25) is 19.2 Å². The maximum absolute atomic E-state index is 13.1. The van der Waals surface area contributed by atoms with Gasteiger partial charge in [0.2, 0.25) is 0 Å². The van der Waals surface area contributed by atoms with Gasteiger partial charge in [-0.1, -0.05) is 48.5 Å². The van der Waals surface area contributed by atoms with Crippen LogP contribution in [0.4, 0.5) is 5.69 Å². The molecule has 0 radical (unpaired) electrons. The molecule has 7 nitrogen and oxygen atoms in total. The number of hydrogen-bond donors (Lipinski definition) is 2. The summed E-state index contributed by atoms with van der Waals surface area (Å²) in [5, 5.41) is 5.49. The predicted molar refractivity (Wildman–Crippen MR) is 140 cm³/mol. The largest absolute Gasteiger partial charge is 0.466 e. The summed E-state index contributed by atoms with van der Waals surface area (Å²) in [6.45, 7) is 1.93. The number of thioether (sulfide) groups is 1. The lowest BCUT2D eigenvalue weighted by Gasteiger charge is -2.12. The predicted octanol–water partition coefficient (Wildman–Crippen LogP) is 4.71. The van der Waals surface area contributed by atoms with Crippen molar-refractivity contribution >= 4 is 47.1 Å². The summed E-state index contributed by atoms with van der Waals surface area (Å²) in [6.07, 6.45) is 1.36. The van der Waals surface area contributed by atoms with Gasteiger partial charge >= 0.3 is 5.97 Å². The van der Waals surface area contributed by atoms with Crippen molar-refractivity contribution in [1.29, 1.82) is 0 Å². The number of esters is 1. The van der Waals surface area contributed by atoms with Crippen LogP contribution in [0.2, 0.25) is 0 Å². The summed E-state index contributed by atoms with van der Waals surface area (Å²) < 4.78 is 4.78. The van der Waals surface area contributed by atoms with E-state index in [1.165, 1.54) is 11.8 Å². The summed E-state index contributed by atoms with van der Waals surface area (Å²) in [5.74, 6) is -1.49. The summed E-state index contributed by atoms with van der Waals surface area (Å²) in [5.41, 5.74) is 1.81. The number of hydrogen-bond acceptors (Lipinski definition) is 6. The number of ether oxygens (including phenoxy) is 1. The van der Waals surface area contributed by atoms with Crippen LogP contribution < -0.4 is 10.6 Å². The van der Waals surface area contributed by atoms with Gasteiger partial charge in [-0.25, -0.2) is 0 Å². The van der Waals surface area contributed by atoms with Crippen LogP contribution in [0.3, 0.4) is 0 Å². The van der Waals surface area contributed by atoms with Crippen LogP contribution in [0.25, 0.3) is 6.08 Å². The molecule has 0 aliphatic rings. The molecule has 2 amide bonds. The highest BCUT2D eigenvalue weighted by Crippen LogP contribution is 2.21. The molecule has 8 heteroatoms. The number of Topliss-reactive ketones (excluding diaryl/α,β-unsaturated/α-hetero) is 1. The third-order valence-electron chi connectivity index (χ3n) is 4.80. The Kier molecular flexibility index (Phi) is 10.0. The molecular weight excluding hydrogens is 476 g/mol. The minimum atomic E-state index is -0.528. The highest BCUT2D eigenvalue weighted by Gasteiger charge is 2.15. The van der Waals surface area contributed by atoms with Crippen LogP contribution in [0.15, 0.2) is 95.5 Å².